The van der Waals surface area contributed by atoms with Crippen molar-refractivity contribution in [1.29, 1.82) is 0 Å². The van der Waals surface area contributed by atoms with Crippen molar-refractivity contribution in [2.45, 2.75) is 25.7 Å². The van der Waals surface area contributed by atoms with Crippen molar-refractivity contribution >= 4 is 33.9 Å². The zero-order valence-electron chi connectivity index (χ0n) is 11.2. The van der Waals surface area contributed by atoms with E-state index in [1.54, 1.807) is 0 Å². The predicted octanol–water partition coefficient (Wildman–Crippen LogP) is 3.09. The van der Waals surface area contributed by atoms with Crippen LogP contribution >= 0.6 is 11.6 Å². The maximum atomic E-state index is 9.33. The Morgan fingerprint density at radius 1 is 1.43 bits per heavy atom. The second-order valence-electron chi connectivity index (χ2n) is 6.37. The number of benzene rings is 1. The standard InChI is InChI=1S/C15H13ClN4O/c16-12-11-8-1-2-10-14(18-20-17-10)9(8)6-15(11)4-3-7(5-15)13(12)19-21/h1-2,7,21H,3-6H2,(H,17,18,20). The van der Waals surface area contributed by atoms with E-state index in [4.69, 9.17) is 11.6 Å². The van der Waals surface area contributed by atoms with Crippen molar-refractivity contribution in [3.8, 4) is 0 Å². The Balaban J connectivity index is 1.87. The summed E-state index contributed by atoms with van der Waals surface area (Å²) in [7, 11) is 0. The van der Waals surface area contributed by atoms with Crippen molar-refractivity contribution in [1.82, 2.24) is 15.4 Å². The quantitative estimate of drug-likeness (QED) is 0.580. The predicted molar refractivity (Wildman–Crippen MR) is 79.4 cm³/mol. The maximum Gasteiger partial charge on any atom is 0.116 e. The van der Waals surface area contributed by atoms with E-state index in [0.29, 0.717) is 10.7 Å². The van der Waals surface area contributed by atoms with Crippen LogP contribution in [0.1, 0.15) is 30.4 Å². The molecule has 0 radical (unpaired) electrons. The SMILES string of the molecule is ON=C1C(Cl)=C2c3ccc4[nH]nnc4c3CC23CCC1C3. The van der Waals surface area contributed by atoms with E-state index in [0.717, 1.165) is 47.9 Å². The van der Waals surface area contributed by atoms with Gasteiger partial charge in [-0.1, -0.05) is 28.0 Å². The van der Waals surface area contributed by atoms with Gasteiger partial charge in [0, 0.05) is 11.3 Å². The molecule has 0 saturated heterocycles. The van der Waals surface area contributed by atoms with Crippen LogP contribution in [-0.2, 0) is 6.42 Å². The molecule has 2 unspecified atom stereocenters. The van der Waals surface area contributed by atoms with E-state index in [2.05, 4.69) is 26.6 Å². The summed E-state index contributed by atoms with van der Waals surface area (Å²) in [5.41, 5.74) is 6.21. The number of hydrogen-bond acceptors (Lipinski definition) is 4. The molecule has 1 spiro atoms. The van der Waals surface area contributed by atoms with E-state index in [-0.39, 0.29) is 11.3 Å². The number of fused-ring (bicyclic) bond motifs is 5. The summed E-state index contributed by atoms with van der Waals surface area (Å²) in [6.07, 6.45) is 4.12. The number of oxime groups is 1. The Kier molecular flexibility index (Phi) is 2.04. The average molecular weight is 301 g/mol. The molecule has 5 rings (SSSR count). The molecule has 5 nitrogen and oxygen atoms in total. The first-order valence-electron chi connectivity index (χ1n) is 7.19. The highest BCUT2D eigenvalue weighted by molar-refractivity contribution is 6.47. The lowest BCUT2D eigenvalue weighted by Gasteiger charge is -2.31. The van der Waals surface area contributed by atoms with Crippen molar-refractivity contribution in [2.75, 3.05) is 0 Å². The van der Waals surface area contributed by atoms with Crippen LogP contribution in [0.3, 0.4) is 0 Å². The molecule has 2 aromatic rings. The fraction of sp³-hybridized carbons (Fsp3) is 0.400. The molecule has 6 heteroatoms. The summed E-state index contributed by atoms with van der Waals surface area (Å²) in [4.78, 5) is 0. The first kappa shape index (κ1) is 11.7. The van der Waals surface area contributed by atoms with Gasteiger partial charge in [-0.3, -0.25) is 5.10 Å². The summed E-state index contributed by atoms with van der Waals surface area (Å²) < 4.78 is 0. The van der Waals surface area contributed by atoms with Gasteiger partial charge in [-0.05, 0) is 48.4 Å². The molecule has 1 saturated carbocycles. The van der Waals surface area contributed by atoms with Gasteiger partial charge >= 0.3 is 0 Å². The van der Waals surface area contributed by atoms with Crippen molar-refractivity contribution in [2.24, 2.45) is 16.5 Å². The molecular weight excluding hydrogens is 288 g/mol. The number of nitrogens with zero attached hydrogens (tertiary/aromatic N) is 3. The van der Waals surface area contributed by atoms with Gasteiger partial charge in [0.2, 0.25) is 0 Å². The third-order valence-electron chi connectivity index (χ3n) is 5.47. The number of H-pyrrole nitrogens is 1. The Morgan fingerprint density at radius 2 is 2.33 bits per heavy atom. The molecule has 106 valence electrons. The van der Waals surface area contributed by atoms with Gasteiger partial charge in [0.25, 0.3) is 0 Å². The first-order chi connectivity index (χ1) is 10.2. The van der Waals surface area contributed by atoms with Crippen molar-refractivity contribution in [3.63, 3.8) is 0 Å². The van der Waals surface area contributed by atoms with Crippen LogP contribution < -0.4 is 0 Å². The Hall–Kier alpha value is -1.88. The van der Waals surface area contributed by atoms with Crippen LogP contribution in [-0.4, -0.2) is 26.3 Å². The van der Waals surface area contributed by atoms with Crippen LogP contribution in [0, 0.1) is 11.3 Å². The molecule has 1 aromatic heterocycles. The Labute approximate surface area is 125 Å². The minimum absolute atomic E-state index is 0.103. The number of halogens is 1. The number of allylic oxidation sites excluding steroid dienone is 2. The van der Waals surface area contributed by atoms with Gasteiger partial charge in [-0.25, -0.2) is 0 Å². The number of nitrogens with one attached hydrogen (secondary N) is 1. The molecule has 3 aliphatic carbocycles. The van der Waals surface area contributed by atoms with E-state index in [1.165, 1.54) is 5.56 Å². The topological polar surface area (TPSA) is 74.2 Å². The van der Waals surface area contributed by atoms with Crippen LogP contribution in [0.5, 0.6) is 0 Å². The van der Waals surface area contributed by atoms with Crippen LogP contribution in [0.4, 0.5) is 0 Å². The molecule has 0 aliphatic heterocycles. The summed E-state index contributed by atoms with van der Waals surface area (Å²) in [6, 6.07) is 4.10. The molecule has 1 fully saturated rings. The molecule has 2 atom stereocenters. The summed E-state index contributed by atoms with van der Waals surface area (Å²) in [5, 5.41) is 24.5. The molecule has 2 N–H and O–H groups in total. The van der Waals surface area contributed by atoms with Gasteiger partial charge in [0.1, 0.15) is 11.2 Å². The minimum atomic E-state index is 0.103. The summed E-state index contributed by atoms with van der Waals surface area (Å²) >= 11 is 6.61. The molecule has 1 heterocycles. The molecule has 3 aliphatic rings. The lowest BCUT2D eigenvalue weighted by molar-refractivity contribution is 0.313. The second kappa shape index (κ2) is 3.65. The summed E-state index contributed by atoms with van der Waals surface area (Å²) in [6.45, 7) is 0. The van der Waals surface area contributed by atoms with Gasteiger partial charge in [-0.15, -0.1) is 5.10 Å². The molecule has 2 bridgehead atoms. The number of aromatic nitrogens is 3. The van der Waals surface area contributed by atoms with Crippen LogP contribution in [0.2, 0.25) is 0 Å². The van der Waals surface area contributed by atoms with Crippen molar-refractivity contribution in [3.05, 3.63) is 28.3 Å². The normalized spacial score (nSPS) is 32.0. The molecular formula is C15H13ClN4O. The number of hydrogen-bond donors (Lipinski definition) is 2. The Morgan fingerprint density at radius 3 is 3.19 bits per heavy atom. The lowest BCUT2D eigenvalue weighted by Crippen LogP contribution is -2.26. The highest BCUT2D eigenvalue weighted by Gasteiger charge is 2.54. The smallest absolute Gasteiger partial charge is 0.116 e. The van der Waals surface area contributed by atoms with Crippen LogP contribution in [0.25, 0.3) is 16.6 Å². The first-order valence-corrected chi connectivity index (χ1v) is 7.57. The fourth-order valence-corrected chi connectivity index (χ4v) is 5.12. The van der Waals surface area contributed by atoms with Crippen molar-refractivity contribution < 1.29 is 5.21 Å². The average Bonchev–Trinajstić information content (AvgIpc) is 3.15. The van der Waals surface area contributed by atoms with E-state index >= 15 is 0 Å². The molecule has 1 aromatic carbocycles. The fourth-order valence-electron chi connectivity index (χ4n) is 4.63. The molecule has 0 amide bonds. The molecule has 21 heavy (non-hydrogen) atoms. The largest absolute Gasteiger partial charge is 0.411 e. The number of aromatic amines is 1. The maximum absolute atomic E-state index is 9.33. The Bertz CT molecular complexity index is 852. The lowest BCUT2D eigenvalue weighted by atomic mass is 9.74. The summed E-state index contributed by atoms with van der Waals surface area (Å²) in [5.74, 6) is 0.286. The van der Waals surface area contributed by atoms with Gasteiger partial charge in [0.15, 0.2) is 0 Å². The van der Waals surface area contributed by atoms with Gasteiger partial charge < -0.3 is 5.21 Å². The van der Waals surface area contributed by atoms with E-state index < -0.39 is 0 Å². The second-order valence-corrected chi connectivity index (χ2v) is 6.75. The van der Waals surface area contributed by atoms with E-state index in [9.17, 15) is 5.21 Å². The van der Waals surface area contributed by atoms with Gasteiger partial charge in [0.05, 0.1) is 10.5 Å². The monoisotopic (exact) mass is 300 g/mol. The van der Waals surface area contributed by atoms with E-state index in [1.807, 2.05) is 6.07 Å². The highest BCUT2D eigenvalue weighted by atomic mass is 35.5. The minimum Gasteiger partial charge on any atom is -0.411 e. The zero-order valence-corrected chi connectivity index (χ0v) is 12.0. The third-order valence-corrected chi connectivity index (χ3v) is 5.85. The number of rotatable bonds is 0. The van der Waals surface area contributed by atoms with Crippen LogP contribution in [0.15, 0.2) is 22.3 Å². The van der Waals surface area contributed by atoms with Gasteiger partial charge in [-0.2, -0.15) is 0 Å². The third kappa shape index (κ3) is 1.26. The highest BCUT2D eigenvalue weighted by Crippen LogP contribution is 2.63. The zero-order chi connectivity index (χ0) is 14.2.